The number of halogens is 1. The number of hydrogen-bond donors (Lipinski definition) is 2. The van der Waals surface area contributed by atoms with E-state index in [0.29, 0.717) is 23.7 Å². The van der Waals surface area contributed by atoms with Gasteiger partial charge in [-0.15, -0.1) is 0 Å². The van der Waals surface area contributed by atoms with Gasteiger partial charge in [0.1, 0.15) is 0 Å². The van der Waals surface area contributed by atoms with Crippen molar-refractivity contribution in [1.82, 2.24) is 15.5 Å². The standard InChI is InChI=1S/C20H22ClN3O2/c21-15-8-6-14(7-9-15)18-17-16(22-20(26)23-18)12-24(19(17)25)11-10-13-4-2-1-3-5-13/h4,6-9,18H,1-3,5,10-12H2,(H2,22,23,26)/t18-/m0/s1. The van der Waals surface area contributed by atoms with Crippen LogP contribution in [0, 0.1) is 0 Å². The lowest BCUT2D eigenvalue weighted by molar-refractivity contribution is -0.125. The minimum atomic E-state index is -0.428. The van der Waals surface area contributed by atoms with Gasteiger partial charge in [-0.05, 0) is 49.8 Å². The van der Waals surface area contributed by atoms with Crippen LogP contribution in [0.4, 0.5) is 4.79 Å². The highest BCUT2D eigenvalue weighted by Gasteiger charge is 2.40. The van der Waals surface area contributed by atoms with Crippen LogP contribution in [-0.2, 0) is 4.79 Å². The third kappa shape index (κ3) is 3.36. The summed E-state index contributed by atoms with van der Waals surface area (Å²) in [7, 11) is 0. The molecule has 26 heavy (non-hydrogen) atoms. The molecule has 2 N–H and O–H groups in total. The number of carbonyl (C=O) groups is 2. The molecule has 2 heterocycles. The molecular formula is C20H22ClN3O2. The van der Waals surface area contributed by atoms with Gasteiger partial charge in [-0.1, -0.05) is 35.4 Å². The molecule has 0 unspecified atom stereocenters. The highest BCUT2D eigenvalue weighted by Crippen LogP contribution is 2.33. The highest BCUT2D eigenvalue weighted by molar-refractivity contribution is 6.30. The van der Waals surface area contributed by atoms with Gasteiger partial charge >= 0.3 is 6.03 Å². The fraction of sp³-hybridized carbons (Fsp3) is 0.400. The van der Waals surface area contributed by atoms with E-state index >= 15 is 0 Å². The summed E-state index contributed by atoms with van der Waals surface area (Å²) >= 11 is 5.97. The SMILES string of the molecule is O=C1NC2=C(C(=O)N(CCC3=CCCCC3)C2)[C@H](c2ccc(Cl)cc2)N1. The third-order valence-corrected chi connectivity index (χ3v) is 5.56. The van der Waals surface area contributed by atoms with E-state index in [9.17, 15) is 9.59 Å². The van der Waals surface area contributed by atoms with Crippen molar-refractivity contribution >= 4 is 23.5 Å². The van der Waals surface area contributed by atoms with Crippen molar-refractivity contribution in [3.8, 4) is 0 Å². The molecule has 1 aromatic carbocycles. The Morgan fingerprint density at radius 2 is 1.96 bits per heavy atom. The van der Waals surface area contributed by atoms with Gasteiger partial charge in [-0.2, -0.15) is 0 Å². The average Bonchev–Trinajstić information content (AvgIpc) is 2.96. The Bertz CT molecular complexity index is 798. The number of rotatable bonds is 4. The lowest BCUT2D eigenvalue weighted by Crippen LogP contribution is -2.44. The summed E-state index contributed by atoms with van der Waals surface area (Å²) in [5, 5.41) is 6.31. The van der Waals surface area contributed by atoms with Gasteiger partial charge in [0.15, 0.2) is 0 Å². The Morgan fingerprint density at radius 3 is 2.69 bits per heavy atom. The number of nitrogens with one attached hydrogen (secondary N) is 2. The van der Waals surface area contributed by atoms with E-state index in [0.717, 1.165) is 30.5 Å². The molecule has 6 heteroatoms. The van der Waals surface area contributed by atoms with E-state index in [1.165, 1.54) is 18.4 Å². The first-order valence-corrected chi connectivity index (χ1v) is 9.53. The molecule has 1 atom stereocenters. The fourth-order valence-corrected chi connectivity index (χ4v) is 4.05. The molecule has 1 aliphatic carbocycles. The maximum Gasteiger partial charge on any atom is 0.319 e. The summed E-state index contributed by atoms with van der Waals surface area (Å²) in [6, 6.07) is 6.56. The van der Waals surface area contributed by atoms with Gasteiger partial charge in [-0.25, -0.2) is 4.79 Å². The van der Waals surface area contributed by atoms with Crippen LogP contribution < -0.4 is 10.6 Å². The number of carbonyl (C=O) groups excluding carboxylic acids is 2. The van der Waals surface area contributed by atoms with Gasteiger partial charge in [0.2, 0.25) is 0 Å². The molecule has 0 saturated heterocycles. The van der Waals surface area contributed by atoms with Gasteiger partial charge in [0.05, 0.1) is 23.9 Å². The van der Waals surface area contributed by atoms with Crippen LogP contribution in [0.2, 0.25) is 5.02 Å². The molecule has 2 aliphatic heterocycles. The predicted octanol–water partition coefficient (Wildman–Crippen LogP) is 3.68. The third-order valence-electron chi connectivity index (χ3n) is 5.31. The number of allylic oxidation sites excluding steroid dienone is 1. The van der Waals surface area contributed by atoms with Gasteiger partial charge < -0.3 is 15.5 Å². The van der Waals surface area contributed by atoms with E-state index in [1.807, 2.05) is 17.0 Å². The molecule has 136 valence electrons. The quantitative estimate of drug-likeness (QED) is 0.793. The largest absolute Gasteiger partial charge is 0.333 e. The molecule has 3 amide bonds. The monoisotopic (exact) mass is 371 g/mol. The molecule has 5 nitrogen and oxygen atoms in total. The van der Waals surface area contributed by atoms with Gasteiger partial charge in [-0.3, -0.25) is 4.79 Å². The summed E-state index contributed by atoms with van der Waals surface area (Å²) in [6.07, 6.45) is 8.03. The van der Waals surface area contributed by atoms with E-state index in [1.54, 1.807) is 12.1 Å². The first-order valence-electron chi connectivity index (χ1n) is 9.15. The van der Waals surface area contributed by atoms with Crippen molar-refractivity contribution in [1.29, 1.82) is 0 Å². The molecule has 0 bridgehead atoms. The molecule has 1 aromatic rings. The fourth-order valence-electron chi connectivity index (χ4n) is 3.92. The molecule has 0 spiro atoms. The van der Waals surface area contributed by atoms with Crippen LogP contribution in [0.25, 0.3) is 0 Å². The van der Waals surface area contributed by atoms with Crippen molar-refractivity contribution < 1.29 is 9.59 Å². The first kappa shape index (κ1) is 17.2. The Balaban J connectivity index is 1.52. The molecule has 4 rings (SSSR count). The minimum Gasteiger partial charge on any atom is -0.333 e. The predicted molar refractivity (Wildman–Crippen MR) is 101 cm³/mol. The normalized spacial score (nSPS) is 22.7. The minimum absolute atomic E-state index is 0.00357. The lowest BCUT2D eigenvalue weighted by atomic mass is 9.96. The molecule has 3 aliphatic rings. The van der Waals surface area contributed by atoms with Crippen LogP contribution in [0.3, 0.4) is 0 Å². The molecule has 0 radical (unpaired) electrons. The van der Waals surface area contributed by atoms with E-state index in [2.05, 4.69) is 16.7 Å². The maximum atomic E-state index is 13.0. The smallest absolute Gasteiger partial charge is 0.319 e. The second kappa shape index (κ2) is 7.16. The Morgan fingerprint density at radius 1 is 1.15 bits per heavy atom. The van der Waals surface area contributed by atoms with Crippen LogP contribution in [0.1, 0.15) is 43.7 Å². The zero-order valence-corrected chi connectivity index (χ0v) is 15.3. The maximum absolute atomic E-state index is 13.0. The zero-order chi connectivity index (χ0) is 18.1. The van der Waals surface area contributed by atoms with Crippen LogP contribution >= 0.6 is 11.6 Å². The first-order chi connectivity index (χ1) is 12.6. The summed E-state index contributed by atoms with van der Waals surface area (Å²) < 4.78 is 0. The second-order valence-corrected chi connectivity index (χ2v) is 7.50. The molecular weight excluding hydrogens is 350 g/mol. The number of hydrogen-bond acceptors (Lipinski definition) is 2. The molecule has 0 fully saturated rings. The van der Waals surface area contributed by atoms with Crippen molar-refractivity contribution in [3.05, 3.63) is 57.8 Å². The number of benzene rings is 1. The van der Waals surface area contributed by atoms with Crippen molar-refractivity contribution in [2.75, 3.05) is 13.1 Å². The summed E-state index contributed by atoms with van der Waals surface area (Å²) in [4.78, 5) is 26.9. The zero-order valence-electron chi connectivity index (χ0n) is 14.6. The Labute approximate surface area is 158 Å². The number of urea groups is 1. The number of nitrogens with zero attached hydrogens (tertiary/aromatic N) is 1. The van der Waals surface area contributed by atoms with Gasteiger partial charge in [0.25, 0.3) is 5.91 Å². The lowest BCUT2D eigenvalue weighted by Gasteiger charge is -2.25. The van der Waals surface area contributed by atoms with Crippen LogP contribution in [0.15, 0.2) is 47.2 Å². The highest BCUT2D eigenvalue weighted by atomic mass is 35.5. The van der Waals surface area contributed by atoms with E-state index in [-0.39, 0.29) is 11.9 Å². The summed E-state index contributed by atoms with van der Waals surface area (Å²) in [5.41, 5.74) is 3.67. The van der Waals surface area contributed by atoms with Crippen LogP contribution in [0.5, 0.6) is 0 Å². The number of amides is 3. The summed E-state index contributed by atoms with van der Waals surface area (Å²) in [5.74, 6) is 0.00357. The Kier molecular flexibility index (Phi) is 4.72. The molecule has 0 aromatic heterocycles. The molecule has 0 saturated carbocycles. The van der Waals surface area contributed by atoms with Crippen molar-refractivity contribution in [2.45, 2.75) is 38.1 Å². The Hall–Kier alpha value is -2.27. The topological polar surface area (TPSA) is 61.4 Å². The van der Waals surface area contributed by atoms with E-state index in [4.69, 9.17) is 11.6 Å². The summed E-state index contributed by atoms with van der Waals surface area (Å²) in [6.45, 7) is 1.17. The van der Waals surface area contributed by atoms with E-state index < -0.39 is 6.04 Å². The average molecular weight is 372 g/mol. The van der Waals surface area contributed by atoms with Crippen molar-refractivity contribution in [3.63, 3.8) is 0 Å². The van der Waals surface area contributed by atoms with Crippen molar-refractivity contribution in [2.24, 2.45) is 0 Å². The second-order valence-electron chi connectivity index (χ2n) is 7.06. The van der Waals surface area contributed by atoms with Crippen LogP contribution in [-0.4, -0.2) is 29.9 Å². The van der Waals surface area contributed by atoms with Gasteiger partial charge in [0, 0.05) is 11.6 Å².